The van der Waals surface area contributed by atoms with E-state index in [1.54, 1.807) is 18.1 Å². The molecular formula is C30H34N2O7S. The second-order valence-corrected chi connectivity index (χ2v) is 12.0. The molecule has 2 aliphatic heterocycles. The van der Waals surface area contributed by atoms with E-state index in [-0.39, 0.29) is 29.6 Å². The highest BCUT2D eigenvalue weighted by atomic mass is 32.2. The number of amides is 1. The van der Waals surface area contributed by atoms with Crippen LogP contribution in [0.1, 0.15) is 41.6 Å². The van der Waals surface area contributed by atoms with Crippen molar-refractivity contribution in [2.45, 2.75) is 43.0 Å². The van der Waals surface area contributed by atoms with E-state index in [9.17, 15) is 18.0 Å². The SMILES string of the molecule is COCCCN1C(=O)c2cccc3c(CC(=O)C4CCCCN4S(=O)(=O)c4ccc(OC)c(OC)c4)ccc1c23. The monoisotopic (exact) mass is 566 g/mol. The maximum Gasteiger partial charge on any atom is 0.258 e. The summed E-state index contributed by atoms with van der Waals surface area (Å²) in [7, 11) is 0.611. The van der Waals surface area contributed by atoms with Crippen LogP contribution in [0.15, 0.2) is 53.4 Å². The van der Waals surface area contributed by atoms with Gasteiger partial charge in [-0.05, 0) is 54.5 Å². The van der Waals surface area contributed by atoms with Gasteiger partial charge in [0.1, 0.15) is 0 Å². The number of carbonyl (C=O) groups excluding carboxylic acids is 2. The summed E-state index contributed by atoms with van der Waals surface area (Å²) in [6.07, 6.45) is 2.69. The first-order chi connectivity index (χ1) is 19.3. The molecule has 1 amide bonds. The van der Waals surface area contributed by atoms with Gasteiger partial charge in [0.2, 0.25) is 10.0 Å². The zero-order valence-electron chi connectivity index (χ0n) is 23.0. The van der Waals surface area contributed by atoms with E-state index in [4.69, 9.17) is 14.2 Å². The minimum atomic E-state index is -3.96. The van der Waals surface area contributed by atoms with Crippen molar-refractivity contribution in [3.63, 3.8) is 0 Å². The Morgan fingerprint density at radius 3 is 2.55 bits per heavy atom. The van der Waals surface area contributed by atoms with Crippen LogP contribution < -0.4 is 14.4 Å². The second-order valence-electron chi connectivity index (χ2n) is 10.1. The van der Waals surface area contributed by atoms with Gasteiger partial charge >= 0.3 is 0 Å². The Morgan fingerprint density at radius 2 is 1.80 bits per heavy atom. The van der Waals surface area contributed by atoms with Crippen LogP contribution in [0, 0.1) is 0 Å². The molecule has 0 spiro atoms. The fourth-order valence-electron chi connectivity index (χ4n) is 5.78. The normalized spacial score (nSPS) is 17.4. The zero-order valence-corrected chi connectivity index (χ0v) is 23.8. The van der Waals surface area contributed by atoms with Gasteiger partial charge in [-0.3, -0.25) is 9.59 Å². The lowest BCUT2D eigenvalue weighted by Crippen LogP contribution is -2.48. The van der Waals surface area contributed by atoms with Gasteiger partial charge in [0.25, 0.3) is 5.91 Å². The summed E-state index contributed by atoms with van der Waals surface area (Å²) in [6.45, 7) is 1.36. The van der Waals surface area contributed by atoms with Gasteiger partial charge in [-0.1, -0.05) is 24.6 Å². The van der Waals surface area contributed by atoms with Crippen LogP contribution in [0.25, 0.3) is 10.8 Å². The highest BCUT2D eigenvalue weighted by molar-refractivity contribution is 7.89. The van der Waals surface area contributed by atoms with Crippen molar-refractivity contribution in [2.24, 2.45) is 0 Å². The highest BCUT2D eigenvalue weighted by Gasteiger charge is 2.38. The van der Waals surface area contributed by atoms with Crippen LogP contribution in [0.2, 0.25) is 0 Å². The third kappa shape index (κ3) is 4.95. The van der Waals surface area contributed by atoms with Crippen LogP contribution >= 0.6 is 0 Å². The van der Waals surface area contributed by atoms with E-state index in [1.807, 2.05) is 30.3 Å². The molecule has 2 aliphatic rings. The lowest BCUT2D eigenvalue weighted by atomic mass is 9.93. The molecular weight excluding hydrogens is 532 g/mol. The van der Waals surface area contributed by atoms with Crippen LogP contribution in [-0.2, 0) is 26.0 Å². The molecule has 212 valence electrons. The topological polar surface area (TPSA) is 102 Å². The molecule has 0 N–H and O–H groups in total. The van der Waals surface area contributed by atoms with Crippen molar-refractivity contribution in [3.05, 3.63) is 59.7 Å². The summed E-state index contributed by atoms with van der Waals surface area (Å²) in [5.74, 6) is 0.517. The first-order valence-corrected chi connectivity index (χ1v) is 14.9. The summed E-state index contributed by atoms with van der Waals surface area (Å²) in [5, 5.41) is 1.68. The van der Waals surface area contributed by atoms with Gasteiger partial charge < -0.3 is 19.1 Å². The molecule has 1 atom stereocenters. The molecule has 0 aromatic heterocycles. The minimum absolute atomic E-state index is 0.0559. The zero-order chi connectivity index (χ0) is 28.4. The second kappa shape index (κ2) is 11.6. The van der Waals surface area contributed by atoms with Gasteiger partial charge in [0.05, 0.1) is 30.8 Å². The van der Waals surface area contributed by atoms with E-state index in [2.05, 4.69) is 0 Å². The number of nitrogens with zero attached hydrogens (tertiary/aromatic N) is 2. The Balaban J connectivity index is 1.44. The van der Waals surface area contributed by atoms with Crippen molar-refractivity contribution in [1.82, 2.24) is 4.31 Å². The number of benzene rings is 3. The Morgan fingerprint density at radius 1 is 1.00 bits per heavy atom. The molecule has 1 unspecified atom stereocenters. The van der Waals surface area contributed by atoms with Crippen molar-refractivity contribution < 1.29 is 32.2 Å². The molecule has 40 heavy (non-hydrogen) atoms. The summed E-state index contributed by atoms with van der Waals surface area (Å²) < 4.78 is 44.5. The molecule has 3 aromatic carbocycles. The standard InChI is InChI=1S/C30H34N2O7S/c1-37-17-7-15-31-25-13-11-20(22-8-6-9-23(29(22)25)30(31)34)18-26(33)24-10-4-5-16-32(24)40(35,36)21-12-14-27(38-2)28(19-21)39-3/h6,8-9,11-14,19,24H,4-5,7,10,15-18H2,1-3H3. The fraction of sp³-hybridized carbons (Fsp3) is 0.400. The summed E-state index contributed by atoms with van der Waals surface area (Å²) in [6, 6.07) is 13.0. The first-order valence-electron chi connectivity index (χ1n) is 13.4. The smallest absolute Gasteiger partial charge is 0.258 e. The molecule has 1 fully saturated rings. The summed E-state index contributed by atoms with van der Waals surface area (Å²) in [5.41, 5.74) is 2.24. The number of sulfonamides is 1. The third-order valence-corrected chi connectivity index (χ3v) is 9.66. The van der Waals surface area contributed by atoms with E-state index < -0.39 is 16.1 Å². The van der Waals surface area contributed by atoms with Gasteiger partial charge in [-0.2, -0.15) is 4.31 Å². The van der Waals surface area contributed by atoms with Gasteiger partial charge in [0.15, 0.2) is 17.3 Å². The third-order valence-electron chi connectivity index (χ3n) is 7.76. The maximum atomic E-state index is 13.8. The van der Waals surface area contributed by atoms with Crippen molar-refractivity contribution in [3.8, 4) is 11.5 Å². The van der Waals surface area contributed by atoms with E-state index in [0.29, 0.717) is 49.5 Å². The van der Waals surface area contributed by atoms with E-state index in [0.717, 1.165) is 28.4 Å². The number of ketones is 1. The number of hydrogen-bond acceptors (Lipinski definition) is 7. The Bertz CT molecular complexity index is 1550. The molecule has 2 heterocycles. The first kappa shape index (κ1) is 28.1. The quantitative estimate of drug-likeness (QED) is 0.321. The number of piperidine rings is 1. The average Bonchev–Trinajstić information content (AvgIpc) is 3.25. The van der Waals surface area contributed by atoms with Gasteiger partial charge in [0, 0.05) is 50.2 Å². The number of rotatable bonds is 11. The van der Waals surface area contributed by atoms with Gasteiger partial charge in [-0.15, -0.1) is 0 Å². The van der Waals surface area contributed by atoms with Crippen LogP contribution in [-0.4, -0.2) is 71.5 Å². The fourth-order valence-corrected chi connectivity index (χ4v) is 7.48. The number of hydrogen-bond donors (Lipinski definition) is 0. The number of Topliss-reactive ketones (excluding diaryl/α,β-unsaturated/α-hetero) is 1. The summed E-state index contributed by atoms with van der Waals surface area (Å²) in [4.78, 5) is 28.7. The molecule has 5 rings (SSSR count). The minimum Gasteiger partial charge on any atom is -0.493 e. The molecule has 3 aromatic rings. The average molecular weight is 567 g/mol. The highest BCUT2D eigenvalue weighted by Crippen LogP contribution is 2.40. The molecule has 9 nitrogen and oxygen atoms in total. The molecule has 0 aliphatic carbocycles. The molecule has 0 saturated carbocycles. The van der Waals surface area contributed by atoms with E-state index >= 15 is 0 Å². The number of ether oxygens (including phenoxy) is 3. The van der Waals surface area contributed by atoms with E-state index in [1.165, 1.54) is 30.7 Å². The summed E-state index contributed by atoms with van der Waals surface area (Å²) >= 11 is 0. The lowest BCUT2D eigenvalue weighted by molar-refractivity contribution is -0.122. The Labute approximate surface area is 234 Å². The largest absolute Gasteiger partial charge is 0.493 e. The molecule has 10 heteroatoms. The predicted octanol–water partition coefficient (Wildman–Crippen LogP) is 4.21. The Kier molecular flexibility index (Phi) is 8.11. The predicted molar refractivity (Wildman–Crippen MR) is 152 cm³/mol. The lowest BCUT2D eigenvalue weighted by Gasteiger charge is -2.34. The van der Waals surface area contributed by atoms with Crippen LogP contribution in [0.4, 0.5) is 5.69 Å². The van der Waals surface area contributed by atoms with Crippen molar-refractivity contribution in [1.29, 1.82) is 0 Å². The number of methoxy groups -OCH3 is 3. The molecule has 0 radical (unpaired) electrons. The van der Waals surface area contributed by atoms with Crippen LogP contribution in [0.5, 0.6) is 11.5 Å². The Hall–Kier alpha value is -3.47. The maximum absolute atomic E-state index is 13.8. The molecule has 1 saturated heterocycles. The van der Waals surface area contributed by atoms with Crippen LogP contribution in [0.3, 0.4) is 0 Å². The van der Waals surface area contributed by atoms with Gasteiger partial charge in [-0.25, -0.2) is 8.42 Å². The number of anilines is 1. The molecule has 0 bridgehead atoms. The van der Waals surface area contributed by atoms with Crippen molar-refractivity contribution in [2.75, 3.05) is 45.9 Å². The van der Waals surface area contributed by atoms with Crippen molar-refractivity contribution >= 4 is 38.2 Å². The number of carbonyl (C=O) groups is 2.